The molecule has 138 valence electrons. The second kappa shape index (κ2) is 16.5. The Hall–Kier alpha value is -1.34. The zero-order valence-corrected chi connectivity index (χ0v) is 15.0. The van der Waals surface area contributed by atoms with E-state index in [9.17, 15) is 0 Å². The molecule has 0 aliphatic rings. The van der Waals surface area contributed by atoms with Crippen LogP contribution in [0.15, 0.2) is 24.3 Å². The maximum absolute atomic E-state index is 9.00. The average Bonchev–Trinajstić information content (AvgIpc) is 2.56. The van der Waals surface area contributed by atoms with Gasteiger partial charge in [-0.05, 0) is 43.4 Å². The van der Waals surface area contributed by atoms with E-state index in [0.29, 0.717) is 19.8 Å². The summed E-state index contributed by atoms with van der Waals surface area (Å²) >= 11 is 5.09. The van der Waals surface area contributed by atoms with Crippen molar-refractivity contribution in [3.05, 3.63) is 29.8 Å². The fourth-order valence-corrected chi connectivity index (χ4v) is 1.86. The summed E-state index contributed by atoms with van der Waals surface area (Å²) < 4.78 is 15.5. The number of carboxylic acid groups (broad SMARTS) is 1. The summed E-state index contributed by atoms with van der Waals surface area (Å²) in [5.74, 6) is 0.0604. The molecule has 0 unspecified atom stereocenters. The fourth-order valence-electron chi connectivity index (χ4n) is 1.75. The van der Waals surface area contributed by atoms with Crippen molar-refractivity contribution in [1.82, 2.24) is 0 Å². The zero-order valence-electron chi connectivity index (χ0n) is 14.2. The molecule has 0 fully saturated rings. The van der Waals surface area contributed by atoms with Gasteiger partial charge in [0.15, 0.2) is 0 Å². The Kier molecular flexibility index (Phi) is 15.6. The van der Waals surface area contributed by atoms with Crippen molar-refractivity contribution < 1.29 is 23.7 Å². The van der Waals surface area contributed by atoms with Gasteiger partial charge < -0.3 is 20.3 Å². The molecule has 0 saturated carbocycles. The lowest BCUT2D eigenvalue weighted by Crippen LogP contribution is -2.02. The second-order valence-corrected chi connectivity index (χ2v) is 5.28. The van der Waals surface area contributed by atoms with Crippen molar-refractivity contribution in [2.45, 2.75) is 39.2 Å². The summed E-state index contributed by atoms with van der Waals surface area (Å²) in [6.45, 7) is 4.38. The Bertz CT molecular complexity index is 427. The van der Waals surface area contributed by atoms with Crippen molar-refractivity contribution >= 4 is 17.8 Å². The number of carboxylic acids is 1. The quantitative estimate of drug-likeness (QED) is 0.555. The lowest BCUT2D eigenvalue weighted by atomic mass is 10.2. The van der Waals surface area contributed by atoms with E-state index < -0.39 is 5.97 Å². The number of carbonyl (C=O) groups is 1. The molecule has 6 nitrogen and oxygen atoms in total. The molecule has 0 aromatic heterocycles. The molecule has 0 heterocycles. The highest BCUT2D eigenvalue weighted by atomic mass is 35.5. The Morgan fingerprint density at radius 2 is 1.79 bits per heavy atom. The van der Waals surface area contributed by atoms with Crippen LogP contribution in [-0.4, -0.2) is 37.5 Å². The van der Waals surface area contributed by atoms with Gasteiger partial charge in [-0.1, -0.05) is 12.1 Å². The van der Waals surface area contributed by atoms with E-state index in [1.54, 1.807) is 0 Å². The first-order chi connectivity index (χ1) is 11.6. The summed E-state index contributed by atoms with van der Waals surface area (Å²) in [5, 5.41) is 7.42. The molecule has 1 aromatic carbocycles. The predicted molar refractivity (Wildman–Crippen MR) is 94.2 cm³/mol. The highest BCUT2D eigenvalue weighted by Crippen LogP contribution is 2.13. The van der Waals surface area contributed by atoms with Crippen molar-refractivity contribution in [1.29, 1.82) is 0 Å². The molecule has 0 amide bonds. The van der Waals surface area contributed by atoms with E-state index in [0.717, 1.165) is 57.1 Å². The SMILES string of the molecule is CC(=O)O.NCc1cccc(OCCCCCOCCCOCl)c1. The van der Waals surface area contributed by atoms with Crippen LogP contribution < -0.4 is 10.5 Å². The molecule has 0 aliphatic heterocycles. The minimum Gasteiger partial charge on any atom is -0.494 e. The monoisotopic (exact) mass is 361 g/mol. The first-order valence-electron chi connectivity index (χ1n) is 8.02. The largest absolute Gasteiger partial charge is 0.494 e. The fraction of sp³-hybridized carbons (Fsp3) is 0.588. The number of aliphatic carboxylic acids is 1. The third kappa shape index (κ3) is 15.6. The number of nitrogens with two attached hydrogens (primary N) is 1. The Balaban J connectivity index is 0.00000118. The van der Waals surface area contributed by atoms with E-state index in [4.69, 9.17) is 37.0 Å². The predicted octanol–water partition coefficient (Wildman–Crippen LogP) is 3.36. The maximum atomic E-state index is 9.00. The van der Waals surface area contributed by atoms with E-state index >= 15 is 0 Å². The number of rotatable bonds is 12. The van der Waals surface area contributed by atoms with Crippen LogP contribution in [0.1, 0.15) is 38.2 Å². The zero-order chi connectivity index (χ0) is 18.0. The van der Waals surface area contributed by atoms with Gasteiger partial charge in [-0.2, -0.15) is 0 Å². The highest BCUT2D eigenvalue weighted by Gasteiger charge is 1.96. The molecule has 0 aliphatic carbocycles. The van der Waals surface area contributed by atoms with Gasteiger partial charge in [0.25, 0.3) is 5.97 Å². The summed E-state index contributed by atoms with van der Waals surface area (Å²) in [6, 6.07) is 7.92. The van der Waals surface area contributed by atoms with E-state index in [-0.39, 0.29) is 0 Å². The van der Waals surface area contributed by atoms with Crippen LogP contribution in [0, 0.1) is 0 Å². The van der Waals surface area contributed by atoms with Crippen molar-refractivity contribution in [2.75, 3.05) is 26.4 Å². The molecule has 0 saturated heterocycles. The number of halogens is 1. The van der Waals surface area contributed by atoms with Gasteiger partial charge in [0.05, 0.1) is 25.1 Å². The van der Waals surface area contributed by atoms with Crippen LogP contribution in [0.3, 0.4) is 0 Å². The lowest BCUT2D eigenvalue weighted by Gasteiger charge is -2.07. The molecule has 0 spiro atoms. The molecule has 0 bridgehead atoms. The minimum atomic E-state index is -0.833. The van der Waals surface area contributed by atoms with Crippen LogP contribution in [0.2, 0.25) is 0 Å². The van der Waals surface area contributed by atoms with E-state index in [2.05, 4.69) is 4.29 Å². The second-order valence-electron chi connectivity index (χ2n) is 5.06. The maximum Gasteiger partial charge on any atom is 0.300 e. The Labute approximate surface area is 149 Å². The molecule has 0 radical (unpaired) electrons. The molecular weight excluding hydrogens is 334 g/mol. The molecule has 3 N–H and O–H groups in total. The standard InChI is InChI=1S/C15H24ClNO3.C2H4O2/c16-20-11-5-9-18-8-2-1-3-10-19-15-7-4-6-14(12-15)13-17;1-2(3)4/h4,6-7,12H,1-3,5,8-11,13,17H2;1H3,(H,3,4). The van der Waals surface area contributed by atoms with Crippen LogP contribution in [-0.2, 0) is 20.4 Å². The number of hydrogen-bond donors (Lipinski definition) is 2. The summed E-state index contributed by atoms with van der Waals surface area (Å²) in [6.07, 6.45) is 4.02. The molecule has 0 atom stereocenters. The van der Waals surface area contributed by atoms with Crippen LogP contribution >= 0.6 is 11.9 Å². The van der Waals surface area contributed by atoms with E-state index in [1.807, 2.05) is 24.3 Å². The molecule has 24 heavy (non-hydrogen) atoms. The van der Waals surface area contributed by atoms with Gasteiger partial charge in [-0.15, -0.1) is 0 Å². The average molecular weight is 362 g/mol. The molecule has 7 heteroatoms. The van der Waals surface area contributed by atoms with Crippen LogP contribution in [0.25, 0.3) is 0 Å². The Morgan fingerprint density at radius 3 is 2.46 bits per heavy atom. The Morgan fingerprint density at radius 1 is 1.12 bits per heavy atom. The van der Waals surface area contributed by atoms with E-state index in [1.165, 1.54) is 0 Å². The van der Waals surface area contributed by atoms with Gasteiger partial charge in [0.1, 0.15) is 5.75 Å². The summed E-state index contributed by atoms with van der Waals surface area (Å²) in [5.41, 5.74) is 6.68. The molecule has 1 aromatic rings. The number of ether oxygens (including phenoxy) is 2. The van der Waals surface area contributed by atoms with Gasteiger partial charge in [0, 0.05) is 26.7 Å². The van der Waals surface area contributed by atoms with Gasteiger partial charge in [-0.3, -0.25) is 9.08 Å². The minimum absolute atomic E-state index is 0.539. The summed E-state index contributed by atoms with van der Waals surface area (Å²) in [4.78, 5) is 9.00. The molecule has 1 rings (SSSR count). The number of hydrogen-bond acceptors (Lipinski definition) is 5. The molecular formula is C17H28ClNO5. The third-order valence-electron chi connectivity index (χ3n) is 2.85. The first-order valence-corrected chi connectivity index (χ1v) is 8.33. The van der Waals surface area contributed by atoms with Crippen molar-refractivity contribution in [3.8, 4) is 5.75 Å². The van der Waals surface area contributed by atoms with Crippen molar-refractivity contribution in [2.24, 2.45) is 5.73 Å². The summed E-state index contributed by atoms with van der Waals surface area (Å²) in [7, 11) is 0. The number of benzene rings is 1. The smallest absolute Gasteiger partial charge is 0.300 e. The van der Waals surface area contributed by atoms with Crippen LogP contribution in [0.5, 0.6) is 5.75 Å². The van der Waals surface area contributed by atoms with Crippen LogP contribution in [0.4, 0.5) is 0 Å². The lowest BCUT2D eigenvalue weighted by molar-refractivity contribution is -0.134. The topological polar surface area (TPSA) is 91.0 Å². The third-order valence-corrected chi connectivity index (χ3v) is 3.00. The van der Waals surface area contributed by atoms with Gasteiger partial charge >= 0.3 is 0 Å². The first kappa shape index (κ1) is 22.7. The van der Waals surface area contributed by atoms with Crippen molar-refractivity contribution in [3.63, 3.8) is 0 Å². The highest BCUT2D eigenvalue weighted by molar-refractivity contribution is 6.07. The number of unbranched alkanes of at least 4 members (excludes halogenated alkanes) is 2. The van der Waals surface area contributed by atoms with Gasteiger partial charge in [-0.25, -0.2) is 0 Å². The normalized spacial score (nSPS) is 9.96. The van der Waals surface area contributed by atoms with Gasteiger partial charge in [0.2, 0.25) is 0 Å².